The van der Waals surface area contributed by atoms with E-state index in [0.29, 0.717) is 31.2 Å². The van der Waals surface area contributed by atoms with Gasteiger partial charge in [0.1, 0.15) is 5.82 Å². The number of H-pyrrole nitrogens is 1. The molecule has 0 atom stereocenters. The number of aromatic nitrogens is 4. The van der Waals surface area contributed by atoms with Crippen molar-refractivity contribution in [2.24, 2.45) is 0 Å². The molecule has 3 N–H and O–H groups in total. The lowest BCUT2D eigenvalue weighted by molar-refractivity contribution is -0.126. The molecule has 9 heteroatoms. The molecule has 32 heavy (non-hydrogen) atoms. The van der Waals surface area contributed by atoms with Crippen molar-refractivity contribution in [1.82, 2.24) is 25.1 Å². The molecule has 1 amide bonds. The number of rotatable bonds is 3. The zero-order chi connectivity index (χ0) is 22.4. The first kappa shape index (κ1) is 20.3. The normalized spacial score (nSPS) is 14.3. The summed E-state index contributed by atoms with van der Waals surface area (Å²) in [6.07, 6.45) is 3.15. The van der Waals surface area contributed by atoms with Gasteiger partial charge in [-0.1, -0.05) is 24.2 Å². The lowest BCUT2D eigenvalue weighted by Gasteiger charge is -2.35. The summed E-state index contributed by atoms with van der Waals surface area (Å²) in [4.78, 5) is 24.8. The van der Waals surface area contributed by atoms with Crippen LogP contribution < -0.4 is 10.6 Å². The smallest absolute Gasteiger partial charge is 0.246 e. The van der Waals surface area contributed by atoms with E-state index in [1.165, 1.54) is 6.08 Å². The molecule has 4 aromatic rings. The van der Waals surface area contributed by atoms with E-state index in [2.05, 4.69) is 31.6 Å². The Morgan fingerprint density at radius 3 is 2.72 bits per heavy atom. The van der Waals surface area contributed by atoms with E-state index >= 15 is 0 Å². The van der Waals surface area contributed by atoms with Gasteiger partial charge in [0.25, 0.3) is 0 Å². The Kier molecular flexibility index (Phi) is 4.94. The van der Waals surface area contributed by atoms with Crippen LogP contribution in [-0.4, -0.2) is 57.2 Å². The minimum absolute atomic E-state index is 0.0619. The highest BCUT2D eigenvalue weighted by molar-refractivity contribution is 6.35. The number of aryl methyl sites for hydroxylation is 1. The predicted octanol–water partition coefficient (Wildman–Crippen LogP) is 3.55. The van der Waals surface area contributed by atoms with E-state index in [4.69, 9.17) is 17.3 Å². The van der Waals surface area contributed by atoms with Crippen LogP contribution in [0.4, 0.5) is 11.8 Å². The van der Waals surface area contributed by atoms with Crippen molar-refractivity contribution < 1.29 is 4.79 Å². The average Bonchev–Trinajstić information content (AvgIpc) is 3.27. The quantitative estimate of drug-likeness (QED) is 0.465. The highest BCUT2D eigenvalue weighted by Crippen LogP contribution is 2.39. The number of carbonyl (C=O) groups is 1. The first-order valence-electron chi connectivity index (χ1n) is 10.3. The number of piperazine rings is 1. The maximum atomic E-state index is 11.9. The molecule has 0 aliphatic carbocycles. The van der Waals surface area contributed by atoms with Crippen molar-refractivity contribution in [3.8, 4) is 11.1 Å². The zero-order valence-corrected chi connectivity index (χ0v) is 18.4. The van der Waals surface area contributed by atoms with Crippen LogP contribution in [0, 0.1) is 6.92 Å². The summed E-state index contributed by atoms with van der Waals surface area (Å²) in [5.41, 5.74) is 10.7. The van der Waals surface area contributed by atoms with Gasteiger partial charge in [-0.3, -0.25) is 9.89 Å². The summed E-state index contributed by atoms with van der Waals surface area (Å²) in [6, 6.07) is 7.91. The van der Waals surface area contributed by atoms with Gasteiger partial charge in [0.05, 0.1) is 17.2 Å². The van der Waals surface area contributed by atoms with Gasteiger partial charge in [0.2, 0.25) is 11.9 Å². The van der Waals surface area contributed by atoms with Crippen molar-refractivity contribution >= 4 is 51.1 Å². The van der Waals surface area contributed by atoms with Crippen LogP contribution in [-0.2, 0) is 4.79 Å². The highest BCUT2D eigenvalue weighted by Gasteiger charge is 2.23. The number of halogens is 1. The van der Waals surface area contributed by atoms with Gasteiger partial charge < -0.3 is 15.5 Å². The molecule has 2 aromatic heterocycles. The van der Waals surface area contributed by atoms with Crippen molar-refractivity contribution in [2.75, 3.05) is 36.8 Å². The lowest BCUT2D eigenvalue weighted by atomic mass is 9.96. The third kappa shape index (κ3) is 3.33. The summed E-state index contributed by atoms with van der Waals surface area (Å²) in [7, 11) is 0. The Morgan fingerprint density at radius 2 is 1.97 bits per heavy atom. The minimum Gasteiger partial charge on any atom is -0.368 e. The van der Waals surface area contributed by atoms with Crippen LogP contribution in [0.25, 0.3) is 32.9 Å². The molecule has 0 radical (unpaired) electrons. The third-order valence-corrected chi connectivity index (χ3v) is 6.26. The van der Waals surface area contributed by atoms with Crippen molar-refractivity contribution in [3.63, 3.8) is 0 Å². The zero-order valence-electron chi connectivity index (χ0n) is 17.6. The number of aromatic amines is 1. The largest absolute Gasteiger partial charge is 0.368 e. The van der Waals surface area contributed by atoms with E-state index in [9.17, 15) is 4.79 Å². The van der Waals surface area contributed by atoms with Gasteiger partial charge >= 0.3 is 0 Å². The van der Waals surface area contributed by atoms with Crippen LogP contribution in [0.2, 0.25) is 5.02 Å². The predicted molar refractivity (Wildman–Crippen MR) is 128 cm³/mol. The van der Waals surface area contributed by atoms with Gasteiger partial charge in [0.15, 0.2) is 0 Å². The average molecular weight is 448 g/mol. The summed E-state index contributed by atoms with van der Waals surface area (Å²) in [6.45, 7) is 8.06. The van der Waals surface area contributed by atoms with Crippen LogP contribution in [0.15, 0.2) is 43.1 Å². The second kappa shape index (κ2) is 7.80. The highest BCUT2D eigenvalue weighted by atomic mass is 35.5. The molecule has 162 valence electrons. The topological polar surface area (TPSA) is 104 Å². The number of fused-ring (bicyclic) bond motifs is 2. The van der Waals surface area contributed by atoms with Gasteiger partial charge in [-0.2, -0.15) is 10.1 Å². The van der Waals surface area contributed by atoms with Gasteiger partial charge in [-0.15, -0.1) is 0 Å². The van der Waals surface area contributed by atoms with E-state index in [1.807, 2.05) is 37.4 Å². The number of anilines is 2. The SMILES string of the molecule is C=CC(=O)N1CCN(c2nc(N)nc3cc(-c4c(C)ccc5[nH]ncc45)c(Cl)cc23)CC1. The molecule has 0 bridgehead atoms. The fourth-order valence-electron chi connectivity index (χ4n) is 4.33. The molecule has 3 heterocycles. The number of nitrogens with zero attached hydrogens (tertiary/aromatic N) is 5. The monoisotopic (exact) mass is 447 g/mol. The number of benzene rings is 2. The summed E-state index contributed by atoms with van der Waals surface area (Å²) in [5, 5.41) is 9.62. The van der Waals surface area contributed by atoms with E-state index in [-0.39, 0.29) is 11.9 Å². The Bertz CT molecular complexity index is 1370. The molecule has 2 aromatic carbocycles. The van der Waals surface area contributed by atoms with Crippen molar-refractivity contribution in [3.05, 3.63) is 53.7 Å². The molecular weight excluding hydrogens is 426 g/mol. The Balaban J connectivity index is 1.60. The number of amides is 1. The molecule has 1 fully saturated rings. The van der Waals surface area contributed by atoms with E-state index < -0.39 is 0 Å². The fraction of sp³-hybridized carbons (Fsp3) is 0.217. The Morgan fingerprint density at radius 1 is 1.19 bits per heavy atom. The Hall–Kier alpha value is -3.65. The van der Waals surface area contributed by atoms with Crippen LogP contribution >= 0.6 is 11.6 Å². The van der Waals surface area contributed by atoms with Gasteiger partial charge in [-0.05, 0) is 42.3 Å². The van der Waals surface area contributed by atoms with Crippen molar-refractivity contribution in [2.45, 2.75) is 6.92 Å². The molecule has 8 nitrogen and oxygen atoms in total. The molecule has 1 aliphatic heterocycles. The number of hydrogen-bond donors (Lipinski definition) is 2. The summed E-state index contributed by atoms with van der Waals surface area (Å²) < 4.78 is 0. The Labute approximate surface area is 189 Å². The van der Waals surface area contributed by atoms with Crippen LogP contribution in [0.5, 0.6) is 0 Å². The first-order valence-corrected chi connectivity index (χ1v) is 10.7. The van der Waals surface area contributed by atoms with Crippen molar-refractivity contribution in [1.29, 1.82) is 0 Å². The maximum Gasteiger partial charge on any atom is 0.246 e. The lowest BCUT2D eigenvalue weighted by Crippen LogP contribution is -2.48. The van der Waals surface area contributed by atoms with E-state index in [1.54, 1.807) is 4.90 Å². The number of hydrogen-bond acceptors (Lipinski definition) is 6. The minimum atomic E-state index is -0.0619. The van der Waals surface area contributed by atoms with Crippen LogP contribution in [0.3, 0.4) is 0 Å². The molecule has 1 saturated heterocycles. The number of carbonyl (C=O) groups excluding carboxylic acids is 1. The molecule has 0 spiro atoms. The second-order valence-corrected chi connectivity index (χ2v) is 8.27. The van der Waals surface area contributed by atoms with E-state index in [0.717, 1.165) is 44.3 Å². The summed E-state index contributed by atoms with van der Waals surface area (Å²) >= 11 is 6.81. The molecule has 0 saturated carbocycles. The number of nitrogens with one attached hydrogen (secondary N) is 1. The van der Waals surface area contributed by atoms with Gasteiger partial charge in [0, 0.05) is 47.5 Å². The van der Waals surface area contributed by atoms with Crippen LogP contribution in [0.1, 0.15) is 5.56 Å². The molecule has 5 rings (SSSR count). The standard InChI is InChI=1S/C23H22ClN7O/c1-3-20(32)30-6-8-31(9-7-30)22-15-10-17(24)14(11-19(15)27-23(25)28-22)21-13(2)4-5-18-16(21)12-26-29-18/h3-5,10-12H,1,6-9H2,2H3,(H,26,29)(H2,25,27,28). The first-order chi connectivity index (χ1) is 15.5. The third-order valence-electron chi connectivity index (χ3n) is 5.95. The van der Waals surface area contributed by atoms with Gasteiger partial charge in [-0.25, -0.2) is 4.98 Å². The molecular formula is C23H22ClN7O. The summed E-state index contributed by atoms with van der Waals surface area (Å²) in [5.74, 6) is 0.863. The molecule has 0 unspecified atom stereocenters. The fourth-order valence-corrected chi connectivity index (χ4v) is 4.59. The molecule has 1 aliphatic rings. The number of nitrogen functional groups attached to an aromatic ring is 1. The number of nitrogens with two attached hydrogens (primary N) is 1. The maximum absolute atomic E-state index is 11.9. The second-order valence-electron chi connectivity index (χ2n) is 7.86.